The molecule has 3 nitrogen and oxygen atoms in total. The zero-order valence-electron chi connectivity index (χ0n) is 12.0. The van der Waals surface area contributed by atoms with Crippen molar-refractivity contribution in [2.24, 2.45) is 0 Å². The molecule has 0 spiro atoms. The van der Waals surface area contributed by atoms with Crippen LogP contribution in [0.25, 0.3) is 10.9 Å². The van der Waals surface area contributed by atoms with Crippen LogP contribution in [0.15, 0.2) is 36.5 Å². The Morgan fingerprint density at radius 2 is 2.15 bits per heavy atom. The van der Waals surface area contributed by atoms with E-state index in [0.29, 0.717) is 12.1 Å². The second-order valence-electron chi connectivity index (χ2n) is 5.49. The first-order chi connectivity index (χ1) is 9.85. The number of hydrogen-bond acceptors (Lipinski definition) is 3. The monoisotopic (exact) mass is 270 g/mol. The van der Waals surface area contributed by atoms with Gasteiger partial charge < -0.3 is 10.1 Å². The summed E-state index contributed by atoms with van der Waals surface area (Å²) < 4.78 is 5.57. The average Bonchev–Trinajstić information content (AvgIpc) is 2.44. The summed E-state index contributed by atoms with van der Waals surface area (Å²) in [6.45, 7) is 3.91. The Morgan fingerprint density at radius 3 is 3.00 bits per heavy atom. The highest BCUT2D eigenvalue weighted by molar-refractivity contribution is 5.78. The van der Waals surface area contributed by atoms with Gasteiger partial charge in [0.05, 0.1) is 11.6 Å². The maximum absolute atomic E-state index is 5.57. The van der Waals surface area contributed by atoms with Crippen LogP contribution in [-0.4, -0.2) is 30.3 Å². The third-order valence-corrected chi connectivity index (χ3v) is 3.99. The Morgan fingerprint density at radius 1 is 1.30 bits per heavy atom. The van der Waals surface area contributed by atoms with E-state index in [4.69, 9.17) is 4.74 Å². The third kappa shape index (κ3) is 3.17. The number of nitrogens with one attached hydrogen (secondary N) is 1. The first-order valence-electron chi connectivity index (χ1n) is 7.54. The lowest BCUT2D eigenvalue weighted by Crippen LogP contribution is -2.46. The molecular formula is C17H22N2O. The molecule has 1 aromatic heterocycles. The molecule has 0 saturated heterocycles. The van der Waals surface area contributed by atoms with Crippen LogP contribution in [-0.2, 0) is 11.2 Å². The lowest BCUT2D eigenvalue weighted by molar-refractivity contribution is -0.00960. The van der Waals surface area contributed by atoms with E-state index in [1.165, 1.54) is 10.9 Å². The van der Waals surface area contributed by atoms with Crippen LogP contribution in [0.1, 0.15) is 25.3 Å². The van der Waals surface area contributed by atoms with Crippen molar-refractivity contribution in [3.8, 4) is 0 Å². The summed E-state index contributed by atoms with van der Waals surface area (Å²) in [5.41, 5.74) is 2.37. The summed E-state index contributed by atoms with van der Waals surface area (Å²) in [5.74, 6) is 0. The van der Waals surface area contributed by atoms with E-state index < -0.39 is 0 Å². The molecule has 2 aromatic rings. The van der Waals surface area contributed by atoms with E-state index in [-0.39, 0.29) is 0 Å². The second-order valence-corrected chi connectivity index (χ2v) is 5.49. The lowest BCUT2D eigenvalue weighted by Gasteiger charge is -2.35. The third-order valence-electron chi connectivity index (χ3n) is 3.99. The number of ether oxygens (including phenoxy) is 1. The molecule has 0 radical (unpaired) electrons. The Hall–Kier alpha value is -1.45. The first kappa shape index (κ1) is 13.5. The Balaban J connectivity index is 1.46. The zero-order chi connectivity index (χ0) is 13.8. The predicted octanol–water partition coefficient (Wildman–Crippen LogP) is 2.93. The number of aromatic nitrogens is 1. The van der Waals surface area contributed by atoms with Crippen LogP contribution in [0.4, 0.5) is 0 Å². The van der Waals surface area contributed by atoms with E-state index in [1.807, 2.05) is 12.3 Å². The van der Waals surface area contributed by atoms with E-state index in [1.54, 1.807) is 0 Å². The van der Waals surface area contributed by atoms with Gasteiger partial charge in [0.1, 0.15) is 0 Å². The molecule has 1 aromatic carbocycles. The van der Waals surface area contributed by atoms with Crippen LogP contribution >= 0.6 is 0 Å². The number of para-hydroxylation sites is 1. The minimum absolute atomic E-state index is 0.486. The average molecular weight is 270 g/mol. The molecule has 106 valence electrons. The van der Waals surface area contributed by atoms with Crippen molar-refractivity contribution in [3.63, 3.8) is 0 Å². The largest absolute Gasteiger partial charge is 0.378 e. The Labute approximate surface area is 120 Å². The minimum Gasteiger partial charge on any atom is -0.378 e. The van der Waals surface area contributed by atoms with Gasteiger partial charge in [-0.05, 0) is 50.4 Å². The first-order valence-corrected chi connectivity index (χ1v) is 7.54. The summed E-state index contributed by atoms with van der Waals surface area (Å²) in [5, 5.41) is 4.82. The number of rotatable bonds is 6. The lowest BCUT2D eigenvalue weighted by atomic mass is 9.89. The van der Waals surface area contributed by atoms with E-state index in [9.17, 15) is 0 Å². The van der Waals surface area contributed by atoms with Crippen molar-refractivity contribution in [3.05, 3.63) is 42.1 Å². The van der Waals surface area contributed by atoms with Gasteiger partial charge in [0.15, 0.2) is 0 Å². The van der Waals surface area contributed by atoms with Gasteiger partial charge >= 0.3 is 0 Å². The molecule has 0 aliphatic heterocycles. The van der Waals surface area contributed by atoms with Crippen molar-refractivity contribution >= 4 is 10.9 Å². The number of nitrogens with zero attached hydrogens (tertiary/aromatic N) is 1. The van der Waals surface area contributed by atoms with Crippen molar-refractivity contribution in [2.75, 3.05) is 13.2 Å². The highest BCUT2D eigenvalue weighted by Crippen LogP contribution is 2.23. The maximum Gasteiger partial charge on any atom is 0.0702 e. The van der Waals surface area contributed by atoms with E-state index >= 15 is 0 Å². The molecule has 3 rings (SSSR count). The SMILES string of the molecule is CCOC1CC(NCCc2cnc3ccccc3c2)C1. The Bertz CT molecular complexity index is 564. The molecule has 1 aliphatic carbocycles. The van der Waals surface area contributed by atoms with Crippen LogP contribution in [0.2, 0.25) is 0 Å². The van der Waals surface area contributed by atoms with Crippen molar-refractivity contribution in [2.45, 2.75) is 38.3 Å². The minimum atomic E-state index is 0.486. The molecule has 0 amide bonds. The number of fused-ring (bicyclic) bond motifs is 1. The highest BCUT2D eigenvalue weighted by Gasteiger charge is 2.28. The van der Waals surface area contributed by atoms with Gasteiger partial charge in [0.25, 0.3) is 0 Å². The number of benzene rings is 1. The van der Waals surface area contributed by atoms with Gasteiger partial charge in [0, 0.05) is 24.2 Å². The number of hydrogen-bond donors (Lipinski definition) is 1. The van der Waals surface area contributed by atoms with E-state index in [0.717, 1.165) is 37.9 Å². The summed E-state index contributed by atoms with van der Waals surface area (Å²) in [4.78, 5) is 4.50. The molecular weight excluding hydrogens is 248 g/mol. The van der Waals surface area contributed by atoms with Gasteiger partial charge in [-0.15, -0.1) is 0 Å². The molecule has 1 N–H and O–H groups in total. The van der Waals surface area contributed by atoms with Crippen LogP contribution in [0.3, 0.4) is 0 Å². The Kier molecular flexibility index (Phi) is 4.28. The van der Waals surface area contributed by atoms with Crippen molar-refractivity contribution < 1.29 is 4.74 Å². The fourth-order valence-corrected chi connectivity index (χ4v) is 2.78. The topological polar surface area (TPSA) is 34.1 Å². The second kappa shape index (κ2) is 6.33. The molecule has 0 unspecified atom stereocenters. The van der Waals surface area contributed by atoms with E-state index in [2.05, 4.69) is 41.5 Å². The molecule has 0 atom stereocenters. The van der Waals surface area contributed by atoms with Gasteiger partial charge in [0.2, 0.25) is 0 Å². The maximum atomic E-state index is 5.57. The van der Waals surface area contributed by atoms with Gasteiger partial charge in [-0.25, -0.2) is 0 Å². The summed E-state index contributed by atoms with van der Waals surface area (Å²) in [7, 11) is 0. The molecule has 1 aliphatic rings. The zero-order valence-corrected chi connectivity index (χ0v) is 12.0. The summed E-state index contributed by atoms with van der Waals surface area (Å²) in [6, 6.07) is 11.2. The molecule has 1 fully saturated rings. The summed E-state index contributed by atoms with van der Waals surface area (Å²) in [6.07, 6.45) is 5.83. The van der Waals surface area contributed by atoms with Gasteiger partial charge in [-0.2, -0.15) is 0 Å². The molecule has 0 bridgehead atoms. The van der Waals surface area contributed by atoms with Gasteiger partial charge in [-0.1, -0.05) is 18.2 Å². The summed E-state index contributed by atoms with van der Waals surface area (Å²) >= 11 is 0. The van der Waals surface area contributed by atoms with Crippen molar-refractivity contribution in [1.29, 1.82) is 0 Å². The molecule has 20 heavy (non-hydrogen) atoms. The standard InChI is InChI=1S/C17H22N2O/c1-2-20-16-10-15(11-16)18-8-7-13-9-14-5-3-4-6-17(14)19-12-13/h3-6,9,12,15-16,18H,2,7-8,10-11H2,1H3. The normalized spacial score (nSPS) is 21.9. The smallest absolute Gasteiger partial charge is 0.0702 e. The van der Waals surface area contributed by atoms with Crippen LogP contribution in [0, 0.1) is 0 Å². The van der Waals surface area contributed by atoms with Crippen LogP contribution in [0.5, 0.6) is 0 Å². The fraction of sp³-hybridized carbons (Fsp3) is 0.471. The molecule has 3 heteroatoms. The quantitative estimate of drug-likeness (QED) is 0.876. The van der Waals surface area contributed by atoms with Crippen LogP contribution < -0.4 is 5.32 Å². The fourth-order valence-electron chi connectivity index (χ4n) is 2.78. The number of pyridine rings is 1. The predicted molar refractivity (Wildman–Crippen MR) is 81.9 cm³/mol. The highest BCUT2D eigenvalue weighted by atomic mass is 16.5. The molecule has 1 heterocycles. The molecule has 1 saturated carbocycles. The van der Waals surface area contributed by atoms with Crippen molar-refractivity contribution in [1.82, 2.24) is 10.3 Å². The van der Waals surface area contributed by atoms with Gasteiger partial charge in [-0.3, -0.25) is 4.98 Å².